The highest BCUT2D eigenvalue weighted by Gasteiger charge is 2.15. The number of carbonyl (C=O) groups excluding carboxylic acids is 1. The van der Waals surface area contributed by atoms with Crippen LogP contribution in [0.25, 0.3) is 0 Å². The Morgan fingerprint density at radius 1 is 1.12 bits per heavy atom. The fourth-order valence-corrected chi connectivity index (χ4v) is 1.95. The molecule has 128 valence electrons. The van der Waals surface area contributed by atoms with Crippen molar-refractivity contribution in [3.05, 3.63) is 40.6 Å². The molecule has 0 aliphatic heterocycles. The first-order chi connectivity index (χ1) is 11.7. The van der Waals surface area contributed by atoms with E-state index < -0.39 is 11.7 Å². The van der Waals surface area contributed by atoms with Gasteiger partial charge in [-0.2, -0.15) is 15.8 Å². The lowest BCUT2D eigenvalue weighted by Gasteiger charge is -2.19. The highest BCUT2D eigenvalue weighted by Crippen LogP contribution is 2.18. The first-order valence-corrected chi connectivity index (χ1v) is 7.47. The predicted molar refractivity (Wildman–Crippen MR) is 91.7 cm³/mol. The number of carbonyl (C=O) groups is 1. The third-order valence-corrected chi connectivity index (χ3v) is 2.83. The van der Waals surface area contributed by atoms with Crippen LogP contribution in [0.15, 0.2) is 29.5 Å². The maximum absolute atomic E-state index is 11.7. The van der Waals surface area contributed by atoms with Crippen LogP contribution in [0.1, 0.15) is 31.9 Å². The first kappa shape index (κ1) is 19.5. The first-order valence-electron chi connectivity index (χ1n) is 7.47. The molecule has 1 amide bonds. The summed E-state index contributed by atoms with van der Waals surface area (Å²) in [7, 11) is 0. The van der Waals surface area contributed by atoms with Crippen LogP contribution in [0.2, 0.25) is 0 Å². The van der Waals surface area contributed by atoms with E-state index in [1.807, 2.05) is 13.0 Å². The summed E-state index contributed by atoms with van der Waals surface area (Å²) in [5.74, 6) is 0. The minimum Gasteiger partial charge on any atom is -0.444 e. The molecule has 0 heterocycles. The Labute approximate surface area is 147 Å². The van der Waals surface area contributed by atoms with Crippen LogP contribution in [0.3, 0.4) is 0 Å². The monoisotopic (exact) mass is 337 g/mol. The van der Waals surface area contributed by atoms with Crippen LogP contribution in [-0.4, -0.2) is 11.7 Å². The Balaban J connectivity index is 2.93. The summed E-state index contributed by atoms with van der Waals surface area (Å²) in [6.07, 6.45) is -0.530. The molecule has 7 heteroatoms. The normalized spacial score (nSPS) is 9.80. The molecule has 0 aliphatic carbocycles. The zero-order chi connectivity index (χ0) is 19.0. The number of amides is 1. The Morgan fingerprint density at radius 2 is 1.76 bits per heavy atom. The summed E-state index contributed by atoms with van der Waals surface area (Å²) in [6, 6.07) is 10.5. The average Bonchev–Trinajstić information content (AvgIpc) is 2.51. The molecule has 1 aromatic rings. The second-order valence-electron chi connectivity index (χ2n) is 6.27. The molecule has 25 heavy (non-hydrogen) atoms. The van der Waals surface area contributed by atoms with Crippen molar-refractivity contribution < 1.29 is 9.53 Å². The number of rotatable bonds is 4. The number of nitriles is 3. The molecular weight excluding hydrogens is 318 g/mol. The van der Waals surface area contributed by atoms with E-state index in [9.17, 15) is 4.79 Å². The lowest BCUT2D eigenvalue weighted by molar-refractivity contribution is 0.0523. The van der Waals surface area contributed by atoms with Gasteiger partial charge in [0.05, 0.1) is 0 Å². The molecule has 0 radical (unpaired) electrons. The summed E-state index contributed by atoms with van der Waals surface area (Å²) in [5, 5.41) is 32.3. The van der Waals surface area contributed by atoms with E-state index in [-0.39, 0.29) is 17.8 Å². The predicted octanol–water partition coefficient (Wildman–Crippen LogP) is 3.26. The van der Waals surface area contributed by atoms with Crippen LogP contribution < -0.4 is 10.6 Å². The third-order valence-electron chi connectivity index (χ3n) is 2.83. The molecule has 0 saturated carbocycles. The number of benzene rings is 1. The third kappa shape index (κ3) is 6.64. The Morgan fingerprint density at radius 3 is 2.28 bits per heavy atom. The zero-order valence-electron chi connectivity index (χ0n) is 14.6. The number of hydrogen-bond donors (Lipinski definition) is 2. The summed E-state index contributed by atoms with van der Waals surface area (Å²) < 4.78 is 5.17. The quantitative estimate of drug-likeness (QED) is 0.813. The fraction of sp³-hybridized carbons (Fsp3) is 0.333. The van der Waals surface area contributed by atoms with Gasteiger partial charge in [-0.1, -0.05) is 6.07 Å². The number of nitrogens with zero attached hydrogens (tertiary/aromatic N) is 3. The van der Waals surface area contributed by atoms with Crippen molar-refractivity contribution in [1.82, 2.24) is 5.32 Å². The van der Waals surface area contributed by atoms with Crippen LogP contribution in [0.4, 0.5) is 10.5 Å². The van der Waals surface area contributed by atoms with Gasteiger partial charge in [0, 0.05) is 12.2 Å². The van der Waals surface area contributed by atoms with Gasteiger partial charge in [0.1, 0.15) is 29.5 Å². The van der Waals surface area contributed by atoms with E-state index in [0.717, 1.165) is 11.1 Å². The number of aryl methyl sites for hydroxylation is 1. The number of alkyl carbamates (subject to hydrolysis) is 1. The van der Waals surface area contributed by atoms with Crippen molar-refractivity contribution in [1.29, 1.82) is 15.8 Å². The summed E-state index contributed by atoms with van der Waals surface area (Å²) in [5.41, 5.74) is 1.21. The zero-order valence-corrected chi connectivity index (χ0v) is 14.6. The van der Waals surface area contributed by atoms with Crippen LogP contribution in [-0.2, 0) is 11.3 Å². The Bertz CT molecular complexity index is 798. The molecule has 0 spiro atoms. The summed E-state index contributed by atoms with van der Waals surface area (Å²) in [4.78, 5) is 11.7. The lowest BCUT2D eigenvalue weighted by Crippen LogP contribution is -2.32. The molecular formula is C18H19N5O2. The molecule has 0 atom stereocenters. The average molecular weight is 337 g/mol. The molecule has 0 fully saturated rings. The van der Waals surface area contributed by atoms with Crippen molar-refractivity contribution in [2.75, 3.05) is 5.32 Å². The molecule has 7 nitrogen and oxygen atoms in total. The Kier molecular flexibility index (Phi) is 6.55. The molecule has 2 N–H and O–H groups in total. The minimum absolute atomic E-state index is 0.123. The lowest BCUT2D eigenvalue weighted by atomic mass is 10.1. The van der Waals surface area contributed by atoms with Gasteiger partial charge in [-0.3, -0.25) is 0 Å². The SMILES string of the molecule is Cc1cc(CNC(=O)OC(C)(C)C)cc(NC(C#N)=C(C#N)C#N)c1. The van der Waals surface area contributed by atoms with Gasteiger partial charge in [0.25, 0.3) is 0 Å². The topological polar surface area (TPSA) is 122 Å². The van der Waals surface area contributed by atoms with Gasteiger partial charge in [0.15, 0.2) is 5.57 Å². The van der Waals surface area contributed by atoms with Gasteiger partial charge in [-0.05, 0) is 51.0 Å². The second-order valence-corrected chi connectivity index (χ2v) is 6.27. The van der Waals surface area contributed by atoms with Crippen LogP contribution in [0, 0.1) is 40.9 Å². The van der Waals surface area contributed by atoms with Gasteiger partial charge in [-0.15, -0.1) is 0 Å². The highest BCUT2D eigenvalue weighted by atomic mass is 16.6. The molecule has 0 unspecified atom stereocenters. The van der Waals surface area contributed by atoms with Crippen molar-refractivity contribution in [2.45, 2.75) is 39.8 Å². The maximum Gasteiger partial charge on any atom is 0.407 e. The maximum atomic E-state index is 11.7. The van der Waals surface area contributed by atoms with E-state index in [0.29, 0.717) is 5.69 Å². The fourth-order valence-electron chi connectivity index (χ4n) is 1.95. The number of allylic oxidation sites excluding steroid dienone is 2. The summed E-state index contributed by atoms with van der Waals surface area (Å²) >= 11 is 0. The molecule has 1 aromatic carbocycles. The standard InChI is InChI=1S/C18H19N5O2/c1-12-5-13(11-22-17(24)25-18(2,3)4)7-15(6-12)23-16(10-21)14(8-19)9-20/h5-7,23H,11H2,1-4H3,(H,22,24). The van der Waals surface area contributed by atoms with E-state index in [4.69, 9.17) is 20.5 Å². The Hall–Kier alpha value is -3.50. The van der Waals surface area contributed by atoms with Crippen LogP contribution >= 0.6 is 0 Å². The van der Waals surface area contributed by atoms with Gasteiger partial charge in [-0.25, -0.2) is 4.79 Å². The van der Waals surface area contributed by atoms with Crippen LogP contribution in [0.5, 0.6) is 0 Å². The van der Waals surface area contributed by atoms with E-state index in [2.05, 4.69) is 10.6 Å². The van der Waals surface area contributed by atoms with E-state index in [1.165, 1.54) is 0 Å². The second kappa shape index (κ2) is 8.38. The van der Waals surface area contributed by atoms with E-state index in [1.54, 1.807) is 51.1 Å². The largest absolute Gasteiger partial charge is 0.444 e. The number of nitrogens with one attached hydrogen (secondary N) is 2. The van der Waals surface area contributed by atoms with Gasteiger partial charge in [0.2, 0.25) is 0 Å². The van der Waals surface area contributed by atoms with Crippen molar-refractivity contribution in [3.63, 3.8) is 0 Å². The molecule has 1 rings (SSSR count). The van der Waals surface area contributed by atoms with Crippen molar-refractivity contribution >= 4 is 11.8 Å². The van der Waals surface area contributed by atoms with E-state index >= 15 is 0 Å². The highest BCUT2D eigenvalue weighted by molar-refractivity contribution is 5.68. The van der Waals surface area contributed by atoms with Crippen molar-refractivity contribution in [3.8, 4) is 18.2 Å². The number of hydrogen-bond acceptors (Lipinski definition) is 6. The molecule has 0 saturated heterocycles. The van der Waals surface area contributed by atoms with Gasteiger partial charge >= 0.3 is 6.09 Å². The molecule has 0 bridgehead atoms. The molecule has 0 aromatic heterocycles. The smallest absolute Gasteiger partial charge is 0.407 e. The molecule has 0 aliphatic rings. The number of anilines is 1. The van der Waals surface area contributed by atoms with Crippen molar-refractivity contribution in [2.24, 2.45) is 0 Å². The minimum atomic E-state index is -0.582. The summed E-state index contributed by atoms with van der Waals surface area (Å²) in [6.45, 7) is 7.42. The number of ether oxygens (including phenoxy) is 1. The van der Waals surface area contributed by atoms with Gasteiger partial charge < -0.3 is 15.4 Å².